The smallest absolute Gasteiger partial charge is 0.240 e. The first-order valence-electron chi connectivity index (χ1n) is 2.97. The van der Waals surface area contributed by atoms with Crippen LogP contribution < -0.4 is 0 Å². The molecule has 0 fully saturated rings. The van der Waals surface area contributed by atoms with Gasteiger partial charge in [0.1, 0.15) is 5.82 Å². The number of hydrogen-bond acceptors (Lipinski definition) is 2. The van der Waals surface area contributed by atoms with E-state index in [0.29, 0.717) is 0 Å². The van der Waals surface area contributed by atoms with Crippen LogP contribution >= 0.6 is 15.9 Å². The van der Waals surface area contributed by atoms with Crippen molar-refractivity contribution in [3.8, 4) is 0 Å². The minimum atomic E-state index is -4.42. The van der Waals surface area contributed by atoms with Gasteiger partial charge >= 0.3 is 6.18 Å². The van der Waals surface area contributed by atoms with Crippen LogP contribution in [0.25, 0.3) is 0 Å². The molecule has 0 aliphatic rings. The maximum atomic E-state index is 12.1. The van der Waals surface area contributed by atoms with Gasteiger partial charge in [0.25, 0.3) is 0 Å². The fraction of sp³-hybridized carbons (Fsp3) is 0.333. The van der Waals surface area contributed by atoms with Crippen LogP contribution in [0.2, 0.25) is 0 Å². The van der Waals surface area contributed by atoms with Crippen molar-refractivity contribution in [2.75, 3.05) is 0 Å². The van der Waals surface area contributed by atoms with E-state index in [1.54, 1.807) is 0 Å². The molecule has 0 saturated heterocycles. The van der Waals surface area contributed by atoms with Crippen molar-refractivity contribution in [3.05, 3.63) is 22.2 Å². The van der Waals surface area contributed by atoms with Gasteiger partial charge in [-0.25, -0.2) is 9.97 Å². The number of aryl methyl sites for hydroxylation is 1. The Kier molecular flexibility index (Phi) is 2.36. The van der Waals surface area contributed by atoms with Crippen LogP contribution in [0.4, 0.5) is 13.2 Å². The van der Waals surface area contributed by atoms with E-state index in [4.69, 9.17) is 0 Å². The number of aromatic nitrogens is 2. The summed E-state index contributed by atoms with van der Waals surface area (Å²) >= 11 is 2.72. The number of hydrogen-bond donors (Lipinski definition) is 0. The highest BCUT2D eigenvalue weighted by Crippen LogP contribution is 2.32. The molecule has 2 nitrogen and oxygen atoms in total. The Bertz CT molecular complexity index is 297. The molecule has 0 amide bonds. The van der Waals surface area contributed by atoms with Crippen LogP contribution in [-0.4, -0.2) is 9.97 Å². The van der Waals surface area contributed by atoms with E-state index in [0.717, 1.165) is 6.20 Å². The molecule has 0 saturated carbocycles. The number of nitrogens with zero attached hydrogens (tertiary/aromatic N) is 2. The maximum Gasteiger partial charge on any atom is 0.434 e. The summed E-state index contributed by atoms with van der Waals surface area (Å²) in [5.74, 6) is 0.102. The van der Waals surface area contributed by atoms with Gasteiger partial charge in [-0.05, 0) is 22.9 Å². The Hall–Kier alpha value is -0.650. The fourth-order valence-electron chi connectivity index (χ4n) is 0.654. The van der Waals surface area contributed by atoms with Crippen molar-refractivity contribution >= 4 is 15.9 Å². The molecule has 0 aliphatic carbocycles. The Morgan fingerprint density at radius 2 is 2.00 bits per heavy atom. The van der Waals surface area contributed by atoms with E-state index in [1.807, 2.05) is 0 Å². The summed E-state index contributed by atoms with van der Waals surface area (Å²) in [7, 11) is 0. The van der Waals surface area contributed by atoms with Crippen LogP contribution in [-0.2, 0) is 6.18 Å². The summed E-state index contributed by atoms with van der Waals surface area (Å²) in [5, 5.41) is 0. The third-order valence-corrected chi connectivity index (χ3v) is 1.71. The number of alkyl halides is 3. The molecule has 0 N–H and O–H groups in total. The molecular weight excluding hydrogens is 237 g/mol. The zero-order valence-corrected chi connectivity index (χ0v) is 7.57. The van der Waals surface area contributed by atoms with Crippen LogP contribution in [0.1, 0.15) is 11.5 Å². The molecule has 1 aromatic rings. The van der Waals surface area contributed by atoms with Gasteiger partial charge in [-0.1, -0.05) is 0 Å². The van der Waals surface area contributed by atoms with E-state index in [2.05, 4.69) is 25.9 Å². The lowest BCUT2D eigenvalue weighted by Crippen LogP contribution is -2.10. The SMILES string of the molecule is Cc1ncc(Br)c(C(F)(F)F)n1. The van der Waals surface area contributed by atoms with Gasteiger partial charge in [-0.2, -0.15) is 13.2 Å². The molecule has 0 aliphatic heterocycles. The topological polar surface area (TPSA) is 25.8 Å². The molecule has 1 heterocycles. The third-order valence-electron chi connectivity index (χ3n) is 1.13. The molecule has 66 valence electrons. The van der Waals surface area contributed by atoms with Gasteiger partial charge in [-0.15, -0.1) is 0 Å². The average Bonchev–Trinajstić information content (AvgIpc) is 1.92. The van der Waals surface area contributed by atoms with Gasteiger partial charge in [0.05, 0.1) is 4.47 Å². The van der Waals surface area contributed by atoms with Crippen molar-refractivity contribution in [2.24, 2.45) is 0 Å². The lowest BCUT2D eigenvalue weighted by atomic mass is 10.4. The lowest BCUT2D eigenvalue weighted by molar-refractivity contribution is -0.142. The first-order valence-corrected chi connectivity index (χ1v) is 3.77. The van der Waals surface area contributed by atoms with Crippen LogP contribution in [0.5, 0.6) is 0 Å². The van der Waals surface area contributed by atoms with Crippen molar-refractivity contribution < 1.29 is 13.2 Å². The fourth-order valence-corrected chi connectivity index (χ4v) is 1.07. The highest BCUT2D eigenvalue weighted by Gasteiger charge is 2.35. The monoisotopic (exact) mass is 240 g/mol. The number of halogens is 4. The summed E-state index contributed by atoms with van der Waals surface area (Å²) in [4.78, 5) is 6.86. The van der Waals surface area contributed by atoms with E-state index >= 15 is 0 Å². The molecule has 12 heavy (non-hydrogen) atoms. The molecule has 0 bridgehead atoms. The molecule has 6 heteroatoms. The third kappa shape index (κ3) is 1.94. The molecule has 0 spiro atoms. The predicted molar refractivity (Wildman–Crippen MR) is 39.5 cm³/mol. The molecule has 1 aromatic heterocycles. The van der Waals surface area contributed by atoms with Gasteiger partial charge in [0.2, 0.25) is 0 Å². The van der Waals surface area contributed by atoms with Crippen LogP contribution in [0.15, 0.2) is 10.7 Å². The largest absolute Gasteiger partial charge is 0.434 e. The Morgan fingerprint density at radius 3 is 2.42 bits per heavy atom. The minimum Gasteiger partial charge on any atom is -0.240 e. The summed E-state index contributed by atoms with van der Waals surface area (Å²) in [6, 6.07) is 0. The molecule has 0 aromatic carbocycles. The number of rotatable bonds is 0. The Morgan fingerprint density at radius 1 is 1.42 bits per heavy atom. The molecule has 0 radical (unpaired) electrons. The van der Waals surface area contributed by atoms with Gasteiger partial charge < -0.3 is 0 Å². The van der Waals surface area contributed by atoms with Crippen LogP contribution in [0, 0.1) is 6.92 Å². The minimum absolute atomic E-state index is 0.102. The van der Waals surface area contributed by atoms with Crippen molar-refractivity contribution in [3.63, 3.8) is 0 Å². The summed E-state index contributed by atoms with van der Waals surface area (Å²) < 4.78 is 36.2. The summed E-state index contributed by atoms with van der Waals surface area (Å²) in [6.45, 7) is 1.40. The first-order chi connectivity index (χ1) is 5.41. The second kappa shape index (κ2) is 3.01. The van der Waals surface area contributed by atoms with Gasteiger partial charge in [0, 0.05) is 6.20 Å². The first kappa shape index (κ1) is 9.44. The maximum absolute atomic E-state index is 12.1. The highest BCUT2D eigenvalue weighted by molar-refractivity contribution is 9.10. The summed E-state index contributed by atoms with van der Waals surface area (Å²) in [6.07, 6.45) is -3.34. The predicted octanol–water partition coefficient (Wildman–Crippen LogP) is 2.57. The average molecular weight is 241 g/mol. The standard InChI is InChI=1S/C6H4BrF3N2/c1-3-11-2-4(7)5(12-3)6(8,9)10/h2H,1H3. The van der Waals surface area contributed by atoms with Crippen molar-refractivity contribution in [1.29, 1.82) is 0 Å². The van der Waals surface area contributed by atoms with Crippen molar-refractivity contribution in [2.45, 2.75) is 13.1 Å². The van der Waals surface area contributed by atoms with Crippen molar-refractivity contribution in [1.82, 2.24) is 9.97 Å². The van der Waals surface area contributed by atoms with E-state index < -0.39 is 11.9 Å². The molecule has 1 rings (SSSR count). The van der Waals surface area contributed by atoms with E-state index in [-0.39, 0.29) is 10.3 Å². The second-order valence-electron chi connectivity index (χ2n) is 2.11. The zero-order chi connectivity index (χ0) is 9.35. The molecule has 0 unspecified atom stereocenters. The van der Waals surface area contributed by atoms with Gasteiger partial charge in [-0.3, -0.25) is 0 Å². The lowest BCUT2D eigenvalue weighted by Gasteiger charge is -2.07. The summed E-state index contributed by atoms with van der Waals surface area (Å²) in [5.41, 5.74) is -0.935. The van der Waals surface area contributed by atoms with E-state index in [1.165, 1.54) is 6.92 Å². The van der Waals surface area contributed by atoms with Crippen LogP contribution in [0.3, 0.4) is 0 Å². The molecule has 0 atom stereocenters. The quantitative estimate of drug-likeness (QED) is 0.697. The van der Waals surface area contributed by atoms with E-state index in [9.17, 15) is 13.2 Å². The second-order valence-corrected chi connectivity index (χ2v) is 2.97. The van der Waals surface area contributed by atoms with Gasteiger partial charge in [0.15, 0.2) is 5.69 Å². The highest BCUT2D eigenvalue weighted by atomic mass is 79.9. The Balaban J connectivity index is 3.23. The zero-order valence-electron chi connectivity index (χ0n) is 5.98. The molecular formula is C6H4BrF3N2. The normalized spacial score (nSPS) is 11.8. The Labute approximate surface area is 75.0 Å².